The van der Waals surface area contributed by atoms with E-state index in [9.17, 15) is 4.79 Å². The van der Waals surface area contributed by atoms with E-state index in [0.717, 1.165) is 24.4 Å². The van der Waals surface area contributed by atoms with Crippen molar-refractivity contribution in [2.24, 2.45) is 5.92 Å². The standard InChI is InChI=1S/C25H32N2O2/c1-20-3-2-4-23(17-20)19-26-11-9-22(10-12-26)18-21-5-7-24(8-6-21)25(28)27-13-15-29-16-14-27/h2-8,17,22H,9-16,18-19H2,1H3. The fourth-order valence-electron chi connectivity index (χ4n) is 4.48. The lowest BCUT2D eigenvalue weighted by Gasteiger charge is -2.32. The third kappa shape index (κ3) is 5.46. The quantitative estimate of drug-likeness (QED) is 0.773. The molecule has 154 valence electrons. The molecular formula is C25H32N2O2. The minimum Gasteiger partial charge on any atom is -0.378 e. The van der Waals surface area contributed by atoms with Crippen LogP contribution in [-0.2, 0) is 17.7 Å². The van der Waals surface area contributed by atoms with Gasteiger partial charge in [-0.3, -0.25) is 9.69 Å². The minimum atomic E-state index is 0.129. The molecular weight excluding hydrogens is 360 g/mol. The third-order valence-electron chi connectivity index (χ3n) is 6.22. The van der Waals surface area contributed by atoms with Crippen molar-refractivity contribution in [1.82, 2.24) is 9.80 Å². The predicted molar refractivity (Wildman–Crippen MR) is 116 cm³/mol. The van der Waals surface area contributed by atoms with Crippen molar-refractivity contribution in [2.45, 2.75) is 32.7 Å². The second-order valence-corrected chi connectivity index (χ2v) is 8.51. The van der Waals surface area contributed by atoms with Crippen LogP contribution in [0.3, 0.4) is 0 Å². The Morgan fingerprint density at radius 2 is 1.69 bits per heavy atom. The van der Waals surface area contributed by atoms with Crippen LogP contribution in [0.2, 0.25) is 0 Å². The zero-order valence-corrected chi connectivity index (χ0v) is 17.5. The Bertz CT molecular complexity index is 804. The zero-order chi connectivity index (χ0) is 20.1. The van der Waals surface area contributed by atoms with Gasteiger partial charge in [-0.1, -0.05) is 42.0 Å². The highest BCUT2D eigenvalue weighted by molar-refractivity contribution is 5.94. The highest BCUT2D eigenvalue weighted by Gasteiger charge is 2.21. The summed E-state index contributed by atoms with van der Waals surface area (Å²) in [6.07, 6.45) is 3.62. The summed E-state index contributed by atoms with van der Waals surface area (Å²) in [7, 11) is 0. The maximum atomic E-state index is 12.6. The van der Waals surface area contributed by atoms with Crippen LogP contribution in [0.25, 0.3) is 0 Å². The summed E-state index contributed by atoms with van der Waals surface area (Å²) in [6, 6.07) is 17.1. The molecule has 4 nitrogen and oxygen atoms in total. The van der Waals surface area contributed by atoms with Crippen LogP contribution in [0.15, 0.2) is 48.5 Å². The molecule has 2 heterocycles. The predicted octanol–water partition coefficient (Wildman–Crippen LogP) is 3.92. The molecule has 1 amide bonds. The van der Waals surface area contributed by atoms with Crippen LogP contribution in [0.1, 0.15) is 39.9 Å². The lowest BCUT2D eigenvalue weighted by molar-refractivity contribution is 0.0303. The number of benzene rings is 2. The maximum absolute atomic E-state index is 12.6. The summed E-state index contributed by atoms with van der Waals surface area (Å²) in [5, 5.41) is 0. The summed E-state index contributed by atoms with van der Waals surface area (Å²) in [5.41, 5.74) is 4.90. The maximum Gasteiger partial charge on any atom is 0.254 e. The summed E-state index contributed by atoms with van der Waals surface area (Å²) in [6.45, 7) is 8.25. The molecule has 0 atom stereocenters. The average Bonchev–Trinajstić information content (AvgIpc) is 2.76. The molecule has 0 bridgehead atoms. The largest absolute Gasteiger partial charge is 0.378 e. The number of aryl methyl sites for hydroxylation is 1. The van der Waals surface area contributed by atoms with Gasteiger partial charge in [0.1, 0.15) is 0 Å². The van der Waals surface area contributed by atoms with E-state index in [1.807, 2.05) is 17.0 Å². The van der Waals surface area contributed by atoms with Crippen LogP contribution >= 0.6 is 0 Å². The van der Waals surface area contributed by atoms with Crippen LogP contribution in [0, 0.1) is 12.8 Å². The fraction of sp³-hybridized carbons (Fsp3) is 0.480. The molecule has 29 heavy (non-hydrogen) atoms. The minimum absolute atomic E-state index is 0.129. The molecule has 0 saturated carbocycles. The Labute approximate surface area is 174 Å². The van der Waals surface area contributed by atoms with Gasteiger partial charge < -0.3 is 9.64 Å². The van der Waals surface area contributed by atoms with Crippen molar-refractivity contribution >= 4 is 5.91 Å². The van der Waals surface area contributed by atoms with Gasteiger partial charge in [-0.25, -0.2) is 0 Å². The third-order valence-corrected chi connectivity index (χ3v) is 6.22. The van der Waals surface area contributed by atoms with Crippen molar-refractivity contribution in [1.29, 1.82) is 0 Å². The second kappa shape index (κ2) is 9.55. The van der Waals surface area contributed by atoms with Gasteiger partial charge in [-0.2, -0.15) is 0 Å². The Morgan fingerprint density at radius 3 is 2.38 bits per heavy atom. The zero-order valence-electron chi connectivity index (χ0n) is 17.5. The highest BCUT2D eigenvalue weighted by atomic mass is 16.5. The number of piperidine rings is 1. The molecule has 2 aliphatic rings. The number of hydrogen-bond acceptors (Lipinski definition) is 3. The molecule has 2 aromatic rings. The first kappa shape index (κ1) is 20.1. The van der Waals surface area contributed by atoms with Gasteiger partial charge in [0.2, 0.25) is 0 Å². The molecule has 4 rings (SSSR count). The first-order chi connectivity index (χ1) is 14.2. The Kier molecular flexibility index (Phi) is 6.63. The molecule has 0 N–H and O–H groups in total. The number of rotatable bonds is 5. The van der Waals surface area contributed by atoms with Gasteiger partial charge in [-0.15, -0.1) is 0 Å². The van der Waals surface area contributed by atoms with Crippen molar-refractivity contribution in [3.63, 3.8) is 0 Å². The Morgan fingerprint density at radius 1 is 0.966 bits per heavy atom. The van der Waals surface area contributed by atoms with E-state index in [1.165, 1.54) is 42.6 Å². The van der Waals surface area contributed by atoms with E-state index < -0.39 is 0 Å². The number of amides is 1. The molecule has 4 heteroatoms. The summed E-state index contributed by atoms with van der Waals surface area (Å²) in [4.78, 5) is 17.0. The Balaban J connectivity index is 1.25. The van der Waals surface area contributed by atoms with Crippen molar-refractivity contribution in [3.05, 3.63) is 70.8 Å². The summed E-state index contributed by atoms with van der Waals surface area (Å²) in [5.74, 6) is 0.869. The SMILES string of the molecule is Cc1cccc(CN2CCC(Cc3ccc(C(=O)N4CCOCC4)cc3)CC2)c1. The average molecular weight is 393 g/mol. The van der Waals surface area contributed by atoms with Gasteiger partial charge in [-0.05, 0) is 68.5 Å². The van der Waals surface area contributed by atoms with Crippen LogP contribution in [0.5, 0.6) is 0 Å². The van der Waals surface area contributed by atoms with Crippen molar-refractivity contribution in [2.75, 3.05) is 39.4 Å². The van der Waals surface area contributed by atoms with Gasteiger partial charge in [0.15, 0.2) is 0 Å². The second-order valence-electron chi connectivity index (χ2n) is 8.51. The van der Waals surface area contributed by atoms with E-state index in [1.54, 1.807) is 0 Å². The molecule has 0 unspecified atom stereocenters. The number of hydrogen-bond donors (Lipinski definition) is 0. The number of carbonyl (C=O) groups is 1. The summed E-state index contributed by atoms with van der Waals surface area (Å²) >= 11 is 0. The van der Waals surface area contributed by atoms with Crippen molar-refractivity contribution < 1.29 is 9.53 Å². The number of morpholine rings is 1. The Hall–Kier alpha value is -2.17. The highest BCUT2D eigenvalue weighted by Crippen LogP contribution is 2.23. The molecule has 2 saturated heterocycles. The normalized spacial score (nSPS) is 18.7. The van der Waals surface area contributed by atoms with E-state index in [2.05, 4.69) is 48.2 Å². The molecule has 0 aromatic heterocycles. The van der Waals surface area contributed by atoms with Crippen LogP contribution < -0.4 is 0 Å². The van der Waals surface area contributed by atoms with E-state index >= 15 is 0 Å². The molecule has 0 spiro atoms. The van der Waals surface area contributed by atoms with Crippen LogP contribution in [0.4, 0.5) is 0 Å². The summed E-state index contributed by atoms with van der Waals surface area (Å²) < 4.78 is 5.34. The molecule has 2 aromatic carbocycles. The van der Waals surface area contributed by atoms with E-state index in [-0.39, 0.29) is 5.91 Å². The monoisotopic (exact) mass is 392 g/mol. The molecule has 0 aliphatic carbocycles. The van der Waals surface area contributed by atoms with Crippen molar-refractivity contribution in [3.8, 4) is 0 Å². The first-order valence-corrected chi connectivity index (χ1v) is 10.9. The van der Waals surface area contributed by atoms with Crippen LogP contribution in [-0.4, -0.2) is 55.1 Å². The lowest BCUT2D eigenvalue weighted by Crippen LogP contribution is -2.40. The van der Waals surface area contributed by atoms with E-state index in [0.29, 0.717) is 26.3 Å². The van der Waals surface area contributed by atoms with E-state index in [4.69, 9.17) is 4.74 Å². The number of ether oxygens (including phenoxy) is 1. The van der Waals surface area contributed by atoms with Gasteiger partial charge in [0.05, 0.1) is 13.2 Å². The smallest absolute Gasteiger partial charge is 0.254 e. The fourth-order valence-corrected chi connectivity index (χ4v) is 4.48. The number of carbonyl (C=O) groups excluding carboxylic acids is 1. The lowest BCUT2D eigenvalue weighted by atomic mass is 9.89. The first-order valence-electron chi connectivity index (χ1n) is 10.9. The number of nitrogens with zero attached hydrogens (tertiary/aromatic N) is 2. The van der Waals surface area contributed by atoms with Gasteiger partial charge in [0.25, 0.3) is 5.91 Å². The molecule has 2 fully saturated rings. The van der Waals surface area contributed by atoms with Gasteiger partial charge >= 0.3 is 0 Å². The van der Waals surface area contributed by atoms with Gasteiger partial charge in [0, 0.05) is 25.2 Å². The number of likely N-dealkylation sites (tertiary alicyclic amines) is 1. The molecule has 2 aliphatic heterocycles. The molecule has 0 radical (unpaired) electrons. The topological polar surface area (TPSA) is 32.8 Å².